The maximum absolute atomic E-state index is 6.07. The molecule has 2 aromatic carbocycles. The Morgan fingerprint density at radius 2 is 1.84 bits per heavy atom. The summed E-state index contributed by atoms with van der Waals surface area (Å²) >= 11 is 5.14. The molecule has 0 saturated carbocycles. The van der Waals surface area contributed by atoms with Gasteiger partial charge in [-0.2, -0.15) is 0 Å². The van der Waals surface area contributed by atoms with Gasteiger partial charge in [-0.25, -0.2) is 0 Å². The Labute approximate surface area is 126 Å². The molecule has 2 N–H and O–H groups in total. The Bertz CT molecular complexity index is 555. The van der Waals surface area contributed by atoms with Crippen molar-refractivity contribution in [3.63, 3.8) is 0 Å². The molecule has 0 saturated heterocycles. The number of hydrogen-bond acceptors (Lipinski definition) is 3. The van der Waals surface area contributed by atoms with Crippen LogP contribution >= 0.6 is 27.7 Å². The van der Waals surface area contributed by atoms with Crippen LogP contribution in [0.4, 0.5) is 0 Å². The second-order valence-corrected chi connectivity index (χ2v) is 6.25. The Kier molecular flexibility index (Phi) is 4.91. The molecule has 0 amide bonds. The number of nitrogens with two attached hydrogens (primary N) is 1. The standard InChI is InChI=1S/C15H16BrNOS/c1-10(17)15-13(18-2)4-3-5-14(15)19-12-8-6-11(16)7-9-12/h3-10H,17H2,1-2H3/t10-/m0/s1. The Morgan fingerprint density at radius 3 is 2.42 bits per heavy atom. The largest absolute Gasteiger partial charge is 0.496 e. The van der Waals surface area contributed by atoms with Gasteiger partial charge < -0.3 is 10.5 Å². The molecule has 4 heteroatoms. The van der Waals surface area contributed by atoms with Crippen molar-refractivity contribution >= 4 is 27.7 Å². The average Bonchev–Trinajstić information content (AvgIpc) is 2.40. The highest BCUT2D eigenvalue weighted by molar-refractivity contribution is 9.10. The summed E-state index contributed by atoms with van der Waals surface area (Å²) in [6.07, 6.45) is 0. The van der Waals surface area contributed by atoms with Gasteiger partial charge in [-0.1, -0.05) is 33.8 Å². The minimum Gasteiger partial charge on any atom is -0.496 e. The van der Waals surface area contributed by atoms with Gasteiger partial charge in [0.15, 0.2) is 0 Å². The first kappa shape index (κ1) is 14.4. The third kappa shape index (κ3) is 3.53. The van der Waals surface area contributed by atoms with Crippen molar-refractivity contribution in [3.8, 4) is 5.75 Å². The van der Waals surface area contributed by atoms with Crippen molar-refractivity contribution in [1.29, 1.82) is 0 Å². The van der Waals surface area contributed by atoms with Crippen LogP contribution in [0.15, 0.2) is 56.7 Å². The molecule has 19 heavy (non-hydrogen) atoms. The molecule has 0 spiro atoms. The monoisotopic (exact) mass is 337 g/mol. The van der Waals surface area contributed by atoms with E-state index in [4.69, 9.17) is 10.5 Å². The van der Waals surface area contributed by atoms with Crippen molar-refractivity contribution < 1.29 is 4.74 Å². The van der Waals surface area contributed by atoms with Gasteiger partial charge in [-0.15, -0.1) is 0 Å². The predicted octanol–water partition coefficient (Wildman–Crippen LogP) is 4.63. The maximum atomic E-state index is 6.07. The quantitative estimate of drug-likeness (QED) is 0.883. The van der Waals surface area contributed by atoms with E-state index in [2.05, 4.69) is 34.1 Å². The maximum Gasteiger partial charge on any atom is 0.124 e. The Morgan fingerprint density at radius 1 is 1.16 bits per heavy atom. The number of ether oxygens (including phenoxy) is 1. The van der Waals surface area contributed by atoms with Gasteiger partial charge in [0.2, 0.25) is 0 Å². The lowest BCUT2D eigenvalue weighted by Crippen LogP contribution is -2.08. The van der Waals surface area contributed by atoms with E-state index in [0.717, 1.165) is 20.7 Å². The van der Waals surface area contributed by atoms with E-state index in [1.54, 1.807) is 18.9 Å². The second kappa shape index (κ2) is 6.46. The summed E-state index contributed by atoms with van der Waals surface area (Å²) in [5.41, 5.74) is 7.12. The number of hydrogen-bond donors (Lipinski definition) is 1. The molecule has 0 heterocycles. The topological polar surface area (TPSA) is 35.2 Å². The van der Waals surface area contributed by atoms with Crippen LogP contribution in [-0.4, -0.2) is 7.11 Å². The zero-order valence-corrected chi connectivity index (χ0v) is 13.3. The van der Waals surface area contributed by atoms with Crippen LogP contribution in [0.25, 0.3) is 0 Å². The lowest BCUT2D eigenvalue weighted by Gasteiger charge is -2.16. The van der Waals surface area contributed by atoms with Crippen LogP contribution in [0.5, 0.6) is 5.75 Å². The normalized spacial score (nSPS) is 12.2. The molecule has 2 rings (SSSR count). The highest BCUT2D eigenvalue weighted by Gasteiger charge is 2.13. The third-order valence-electron chi connectivity index (χ3n) is 2.74. The molecule has 0 radical (unpaired) electrons. The first-order chi connectivity index (χ1) is 9.11. The van der Waals surface area contributed by atoms with Crippen LogP contribution in [0.1, 0.15) is 18.5 Å². The molecule has 1 atom stereocenters. The van der Waals surface area contributed by atoms with Crippen molar-refractivity contribution in [1.82, 2.24) is 0 Å². The smallest absolute Gasteiger partial charge is 0.124 e. The van der Waals surface area contributed by atoms with Crippen molar-refractivity contribution in [2.24, 2.45) is 5.73 Å². The lowest BCUT2D eigenvalue weighted by molar-refractivity contribution is 0.405. The molecular formula is C15H16BrNOS. The number of benzene rings is 2. The highest BCUT2D eigenvalue weighted by Crippen LogP contribution is 2.37. The summed E-state index contributed by atoms with van der Waals surface area (Å²) in [7, 11) is 1.68. The summed E-state index contributed by atoms with van der Waals surface area (Å²) in [6.45, 7) is 1.98. The molecule has 0 aromatic heterocycles. The van der Waals surface area contributed by atoms with Gasteiger partial charge in [0.1, 0.15) is 5.75 Å². The van der Waals surface area contributed by atoms with Gasteiger partial charge in [-0.05, 0) is 43.3 Å². The fourth-order valence-electron chi connectivity index (χ4n) is 1.87. The summed E-state index contributed by atoms with van der Waals surface area (Å²) in [5, 5.41) is 0. The van der Waals surface area contributed by atoms with Crippen molar-refractivity contribution in [2.75, 3.05) is 7.11 Å². The fraction of sp³-hybridized carbons (Fsp3) is 0.200. The summed E-state index contributed by atoms with van der Waals surface area (Å²) < 4.78 is 6.48. The molecule has 0 aliphatic heterocycles. The molecule has 2 nitrogen and oxygen atoms in total. The second-order valence-electron chi connectivity index (χ2n) is 4.22. The molecule has 0 unspecified atom stereocenters. The number of methoxy groups -OCH3 is 1. The van der Waals surface area contributed by atoms with Crippen molar-refractivity contribution in [3.05, 3.63) is 52.5 Å². The molecule has 100 valence electrons. The van der Waals surface area contributed by atoms with Gasteiger partial charge >= 0.3 is 0 Å². The van der Waals surface area contributed by atoms with Crippen LogP contribution in [0.2, 0.25) is 0 Å². The van der Waals surface area contributed by atoms with Gasteiger partial charge in [0.25, 0.3) is 0 Å². The van der Waals surface area contributed by atoms with E-state index < -0.39 is 0 Å². The van der Waals surface area contributed by atoms with Crippen LogP contribution in [0.3, 0.4) is 0 Å². The van der Waals surface area contributed by atoms with E-state index in [0.29, 0.717) is 0 Å². The van der Waals surface area contributed by atoms with E-state index in [-0.39, 0.29) is 6.04 Å². The summed E-state index contributed by atoms with van der Waals surface area (Å²) in [6, 6.07) is 14.2. The number of halogens is 1. The Balaban J connectivity index is 2.36. The van der Waals surface area contributed by atoms with E-state index in [1.165, 1.54) is 4.90 Å². The molecule has 0 aliphatic rings. The summed E-state index contributed by atoms with van der Waals surface area (Å²) in [4.78, 5) is 2.31. The summed E-state index contributed by atoms with van der Waals surface area (Å²) in [5.74, 6) is 0.845. The van der Waals surface area contributed by atoms with Gasteiger partial charge in [-0.3, -0.25) is 0 Å². The zero-order chi connectivity index (χ0) is 13.8. The molecule has 2 aromatic rings. The zero-order valence-electron chi connectivity index (χ0n) is 10.9. The van der Waals surface area contributed by atoms with Crippen molar-refractivity contribution in [2.45, 2.75) is 22.8 Å². The molecule has 0 aliphatic carbocycles. The van der Waals surface area contributed by atoms with E-state index in [9.17, 15) is 0 Å². The van der Waals surface area contributed by atoms with Gasteiger partial charge in [0.05, 0.1) is 7.11 Å². The van der Waals surface area contributed by atoms with Gasteiger partial charge in [0, 0.05) is 25.9 Å². The SMILES string of the molecule is COc1cccc(Sc2ccc(Br)cc2)c1[C@H](C)N. The molecule has 0 bridgehead atoms. The first-order valence-corrected chi connectivity index (χ1v) is 7.58. The molecule has 0 fully saturated rings. The predicted molar refractivity (Wildman–Crippen MR) is 83.9 cm³/mol. The van der Waals surface area contributed by atoms with Crippen LogP contribution in [-0.2, 0) is 0 Å². The fourth-order valence-corrected chi connectivity index (χ4v) is 3.20. The lowest BCUT2D eigenvalue weighted by atomic mass is 10.1. The molecular weight excluding hydrogens is 322 g/mol. The van der Waals surface area contributed by atoms with E-state index in [1.807, 2.05) is 31.2 Å². The Hall–Kier alpha value is -0.970. The number of rotatable bonds is 4. The minimum atomic E-state index is -0.0610. The average molecular weight is 338 g/mol. The first-order valence-electron chi connectivity index (χ1n) is 5.97. The van der Waals surface area contributed by atoms with Crippen LogP contribution < -0.4 is 10.5 Å². The van der Waals surface area contributed by atoms with E-state index >= 15 is 0 Å². The van der Waals surface area contributed by atoms with Crippen LogP contribution in [0, 0.1) is 0 Å². The highest BCUT2D eigenvalue weighted by atomic mass is 79.9. The minimum absolute atomic E-state index is 0.0610. The third-order valence-corrected chi connectivity index (χ3v) is 4.36.